The van der Waals surface area contributed by atoms with E-state index < -0.39 is 0 Å². The van der Waals surface area contributed by atoms with Crippen molar-refractivity contribution in [3.63, 3.8) is 0 Å². The van der Waals surface area contributed by atoms with Gasteiger partial charge in [0.2, 0.25) is 0 Å². The predicted molar refractivity (Wildman–Crippen MR) is 70.9 cm³/mol. The first-order chi connectivity index (χ1) is 8.33. The van der Waals surface area contributed by atoms with Crippen molar-refractivity contribution in [1.29, 1.82) is 0 Å². The maximum Gasteiger partial charge on any atom is 0.138 e. The van der Waals surface area contributed by atoms with E-state index in [2.05, 4.69) is 23.5 Å². The summed E-state index contributed by atoms with van der Waals surface area (Å²) in [5.74, 6) is 0.791. The lowest BCUT2D eigenvalue weighted by Crippen LogP contribution is -2.28. The number of hydrogen-bond acceptors (Lipinski definition) is 3. The molecule has 0 saturated carbocycles. The van der Waals surface area contributed by atoms with Crippen molar-refractivity contribution in [1.82, 2.24) is 10.3 Å². The van der Waals surface area contributed by atoms with E-state index in [1.165, 1.54) is 12.8 Å². The predicted octanol–water partition coefficient (Wildman–Crippen LogP) is 2.50. The molecule has 1 aromatic heterocycles. The quantitative estimate of drug-likeness (QED) is 0.844. The van der Waals surface area contributed by atoms with Crippen molar-refractivity contribution in [2.45, 2.75) is 18.9 Å². The van der Waals surface area contributed by atoms with Crippen LogP contribution in [0.5, 0.6) is 5.75 Å². The summed E-state index contributed by atoms with van der Waals surface area (Å²) < 4.78 is 5.72. The minimum Gasteiger partial charge on any atom is -0.490 e. The molecule has 0 bridgehead atoms. The molecule has 0 spiro atoms. The van der Waals surface area contributed by atoms with Crippen LogP contribution in [-0.2, 0) is 0 Å². The highest BCUT2D eigenvalue weighted by atomic mass is 16.5. The Balaban J connectivity index is 2.00. The molecule has 1 fully saturated rings. The summed E-state index contributed by atoms with van der Waals surface area (Å²) in [6, 6.07) is 2.42. The summed E-state index contributed by atoms with van der Waals surface area (Å²) in [5, 5.41) is 3.40. The van der Waals surface area contributed by atoms with Crippen molar-refractivity contribution in [3.05, 3.63) is 36.7 Å². The molecule has 0 radical (unpaired) electrons. The maximum atomic E-state index is 5.72. The van der Waals surface area contributed by atoms with Gasteiger partial charge in [-0.15, -0.1) is 0 Å². The van der Waals surface area contributed by atoms with Gasteiger partial charge >= 0.3 is 0 Å². The zero-order valence-corrected chi connectivity index (χ0v) is 9.98. The Kier molecular flexibility index (Phi) is 3.94. The van der Waals surface area contributed by atoms with E-state index in [0.717, 1.165) is 23.6 Å². The zero-order chi connectivity index (χ0) is 12.1. The lowest BCUT2D eigenvalue weighted by Gasteiger charge is -2.12. The first-order valence-corrected chi connectivity index (χ1v) is 5.94. The van der Waals surface area contributed by atoms with Crippen LogP contribution >= 0.6 is 0 Å². The fourth-order valence-corrected chi connectivity index (χ4v) is 1.98. The van der Waals surface area contributed by atoms with Crippen molar-refractivity contribution in [2.24, 2.45) is 0 Å². The number of nitrogens with zero attached hydrogens (tertiary/aromatic N) is 1. The molecule has 0 unspecified atom stereocenters. The maximum absolute atomic E-state index is 5.72. The third-order valence-corrected chi connectivity index (χ3v) is 2.95. The second-order valence-corrected chi connectivity index (χ2v) is 4.16. The molecule has 1 aliphatic heterocycles. The topological polar surface area (TPSA) is 34.1 Å². The Morgan fingerprint density at radius 2 is 2.35 bits per heavy atom. The van der Waals surface area contributed by atoms with Crippen LogP contribution in [0.25, 0.3) is 12.2 Å². The fraction of sp³-hybridized carbons (Fsp3) is 0.357. The van der Waals surface area contributed by atoms with Crippen molar-refractivity contribution in [3.8, 4) is 5.75 Å². The van der Waals surface area contributed by atoms with Gasteiger partial charge in [-0.2, -0.15) is 0 Å². The van der Waals surface area contributed by atoms with Crippen molar-refractivity contribution in [2.75, 3.05) is 13.2 Å². The summed E-state index contributed by atoms with van der Waals surface area (Å²) in [4.78, 5) is 4.28. The van der Waals surface area contributed by atoms with Crippen LogP contribution in [0, 0.1) is 0 Å². The number of hydrogen-bond donors (Lipinski definition) is 1. The molecule has 3 nitrogen and oxygen atoms in total. The molecule has 90 valence electrons. The normalized spacial score (nSPS) is 18.9. The Hall–Kier alpha value is -1.61. The summed E-state index contributed by atoms with van der Waals surface area (Å²) in [6.45, 7) is 9.28. The Bertz CT molecular complexity index is 409. The van der Waals surface area contributed by atoms with E-state index in [-0.39, 0.29) is 0 Å². The fourth-order valence-electron chi connectivity index (χ4n) is 1.98. The van der Waals surface area contributed by atoms with Crippen LogP contribution in [-0.4, -0.2) is 24.2 Å². The van der Waals surface area contributed by atoms with Gasteiger partial charge in [0.25, 0.3) is 0 Å². The standard InChI is InChI=1S/C14H18N2O/c1-3-11-8-13(9-16-14(11)4-2)17-10-12-6-5-7-15-12/h3-4,8-9,12,15H,1-2,5-7,10H2/t12-/m0/s1. The molecule has 0 aromatic carbocycles. The molecule has 1 N–H and O–H groups in total. The van der Waals surface area contributed by atoms with Gasteiger partial charge in [0, 0.05) is 11.6 Å². The van der Waals surface area contributed by atoms with E-state index in [1.54, 1.807) is 18.3 Å². The number of nitrogens with one attached hydrogen (secondary N) is 1. The van der Waals surface area contributed by atoms with E-state index in [9.17, 15) is 0 Å². The molecular weight excluding hydrogens is 212 g/mol. The summed E-state index contributed by atoms with van der Waals surface area (Å²) in [5.41, 5.74) is 1.79. The molecule has 1 aromatic rings. The molecule has 1 saturated heterocycles. The van der Waals surface area contributed by atoms with Crippen LogP contribution < -0.4 is 10.1 Å². The molecule has 0 amide bonds. The average Bonchev–Trinajstić information content (AvgIpc) is 2.89. The Morgan fingerprint density at radius 1 is 1.47 bits per heavy atom. The third-order valence-electron chi connectivity index (χ3n) is 2.95. The number of pyridine rings is 1. The SMILES string of the molecule is C=Cc1cc(OC[C@@H]2CCCN2)cnc1C=C. The molecule has 2 heterocycles. The number of aromatic nitrogens is 1. The minimum atomic E-state index is 0.473. The van der Waals surface area contributed by atoms with Gasteiger partial charge in [0.15, 0.2) is 0 Å². The number of ether oxygens (including phenoxy) is 1. The highest BCUT2D eigenvalue weighted by Gasteiger charge is 2.14. The van der Waals surface area contributed by atoms with Crippen molar-refractivity contribution < 1.29 is 4.74 Å². The highest BCUT2D eigenvalue weighted by molar-refractivity contribution is 5.61. The molecule has 1 atom stereocenters. The minimum absolute atomic E-state index is 0.473. The largest absolute Gasteiger partial charge is 0.490 e. The first kappa shape index (κ1) is 11.9. The first-order valence-electron chi connectivity index (χ1n) is 5.94. The van der Waals surface area contributed by atoms with Crippen molar-refractivity contribution >= 4 is 12.2 Å². The van der Waals surface area contributed by atoms with Crippen LogP contribution in [0.4, 0.5) is 0 Å². The van der Waals surface area contributed by atoms with Crippen LogP contribution in [0.2, 0.25) is 0 Å². The summed E-state index contributed by atoms with van der Waals surface area (Å²) >= 11 is 0. The van der Waals surface area contributed by atoms with Gasteiger partial charge in [-0.05, 0) is 31.5 Å². The summed E-state index contributed by atoms with van der Waals surface area (Å²) in [6.07, 6.45) is 7.65. The monoisotopic (exact) mass is 230 g/mol. The lowest BCUT2D eigenvalue weighted by atomic mass is 10.2. The number of rotatable bonds is 5. The molecule has 1 aliphatic rings. The summed E-state index contributed by atoms with van der Waals surface area (Å²) in [7, 11) is 0. The van der Waals surface area contributed by atoms with Gasteiger partial charge in [-0.3, -0.25) is 4.98 Å². The van der Waals surface area contributed by atoms with Gasteiger partial charge < -0.3 is 10.1 Å². The lowest BCUT2D eigenvalue weighted by molar-refractivity contribution is 0.276. The van der Waals surface area contributed by atoms with E-state index in [4.69, 9.17) is 4.74 Å². The molecule has 2 rings (SSSR count). The van der Waals surface area contributed by atoms with Gasteiger partial charge in [-0.1, -0.05) is 19.2 Å². The van der Waals surface area contributed by atoms with E-state index in [0.29, 0.717) is 12.6 Å². The molecule has 17 heavy (non-hydrogen) atoms. The molecule has 3 heteroatoms. The Morgan fingerprint density at radius 3 is 3.00 bits per heavy atom. The van der Waals surface area contributed by atoms with Gasteiger partial charge in [0.1, 0.15) is 12.4 Å². The van der Waals surface area contributed by atoms with Crippen LogP contribution in [0.3, 0.4) is 0 Å². The smallest absolute Gasteiger partial charge is 0.138 e. The van der Waals surface area contributed by atoms with Crippen LogP contribution in [0.1, 0.15) is 24.1 Å². The molecular formula is C14H18N2O. The average molecular weight is 230 g/mol. The van der Waals surface area contributed by atoms with Crippen LogP contribution in [0.15, 0.2) is 25.4 Å². The van der Waals surface area contributed by atoms with Gasteiger partial charge in [-0.25, -0.2) is 0 Å². The third kappa shape index (κ3) is 2.94. The Labute approximate surface area is 102 Å². The zero-order valence-electron chi connectivity index (χ0n) is 9.98. The van der Waals surface area contributed by atoms with E-state index in [1.807, 2.05) is 6.07 Å². The van der Waals surface area contributed by atoms with E-state index >= 15 is 0 Å². The second kappa shape index (κ2) is 5.64. The highest BCUT2D eigenvalue weighted by Crippen LogP contribution is 2.18. The van der Waals surface area contributed by atoms with Gasteiger partial charge in [0.05, 0.1) is 11.9 Å². The molecule has 0 aliphatic carbocycles. The second-order valence-electron chi connectivity index (χ2n) is 4.16.